The third kappa shape index (κ3) is 2.01. The Morgan fingerprint density at radius 1 is 1.35 bits per heavy atom. The molecular weight excluding hydrogens is 282 g/mol. The van der Waals surface area contributed by atoms with Gasteiger partial charge in [-0.15, -0.1) is 11.3 Å². The monoisotopic (exact) mass is 294 g/mol. The number of carbonyl (C=O) groups is 1. The number of fused-ring (bicyclic) bond motifs is 1. The predicted molar refractivity (Wildman–Crippen MR) is 73.5 cm³/mol. The second-order valence-corrected chi connectivity index (χ2v) is 6.11. The summed E-state index contributed by atoms with van der Waals surface area (Å²) < 4.78 is 27.2. The summed E-state index contributed by atoms with van der Waals surface area (Å²) in [5.74, 6) is -1.89. The summed E-state index contributed by atoms with van der Waals surface area (Å²) in [4.78, 5) is 15.6. The highest BCUT2D eigenvalue weighted by Gasteiger charge is 2.37. The maximum absolute atomic E-state index is 13.8. The average Bonchev–Trinajstić information content (AvgIpc) is 2.87. The van der Waals surface area contributed by atoms with Crippen LogP contribution in [-0.2, 0) is 11.3 Å². The first-order valence-electron chi connectivity index (χ1n) is 6.08. The van der Waals surface area contributed by atoms with Crippen molar-refractivity contribution in [3.05, 3.63) is 51.2 Å². The molecule has 3 nitrogen and oxygen atoms in total. The second-order valence-electron chi connectivity index (χ2n) is 4.73. The van der Waals surface area contributed by atoms with Crippen molar-refractivity contribution in [2.45, 2.75) is 19.5 Å². The Kier molecular flexibility index (Phi) is 3.07. The van der Waals surface area contributed by atoms with Crippen molar-refractivity contribution in [3.63, 3.8) is 0 Å². The van der Waals surface area contributed by atoms with Crippen LogP contribution in [0.4, 0.5) is 14.5 Å². The van der Waals surface area contributed by atoms with Crippen molar-refractivity contribution in [2.24, 2.45) is 5.73 Å². The van der Waals surface area contributed by atoms with Crippen LogP contribution < -0.4 is 10.6 Å². The lowest BCUT2D eigenvalue weighted by atomic mass is 10.1. The Bertz CT molecular complexity index is 698. The number of anilines is 1. The third-order valence-corrected chi connectivity index (χ3v) is 4.30. The number of carbonyl (C=O) groups excluding carboxylic acids is 1. The zero-order chi connectivity index (χ0) is 14.4. The van der Waals surface area contributed by atoms with Crippen LogP contribution in [-0.4, -0.2) is 5.91 Å². The van der Waals surface area contributed by atoms with Gasteiger partial charge in [-0.25, -0.2) is 8.78 Å². The summed E-state index contributed by atoms with van der Waals surface area (Å²) in [5, 5.41) is 0. The van der Waals surface area contributed by atoms with Crippen LogP contribution >= 0.6 is 11.3 Å². The van der Waals surface area contributed by atoms with Gasteiger partial charge >= 0.3 is 0 Å². The number of halogens is 2. The highest BCUT2D eigenvalue weighted by molar-refractivity contribution is 7.11. The fourth-order valence-corrected chi connectivity index (χ4v) is 3.28. The number of thiophene rings is 1. The molecule has 1 amide bonds. The van der Waals surface area contributed by atoms with Crippen LogP contribution in [0.2, 0.25) is 0 Å². The van der Waals surface area contributed by atoms with E-state index in [1.54, 1.807) is 0 Å². The summed E-state index contributed by atoms with van der Waals surface area (Å²) in [6, 6.07) is 4.68. The van der Waals surface area contributed by atoms with Gasteiger partial charge in [-0.2, -0.15) is 0 Å². The van der Waals surface area contributed by atoms with Crippen molar-refractivity contribution < 1.29 is 13.6 Å². The summed E-state index contributed by atoms with van der Waals surface area (Å²) in [7, 11) is 0. The van der Waals surface area contributed by atoms with E-state index < -0.39 is 23.6 Å². The van der Waals surface area contributed by atoms with E-state index in [0.29, 0.717) is 0 Å². The first-order valence-corrected chi connectivity index (χ1v) is 6.90. The number of amides is 1. The smallest absolute Gasteiger partial charge is 0.249 e. The molecule has 3 rings (SSSR count). The minimum absolute atomic E-state index is 0.0738. The van der Waals surface area contributed by atoms with Crippen molar-refractivity contribution in [2.75, 3.05) is 4.90 Å². The fraction of sp³-hybridized carbons (Fsp3) is 0.214. The molecule has 20 heavy (non-hydrogen) atoms. The topological polar surface area (TPSA) is 46.3 Å². The summed E-state index contributed by atoms with van der Waals surface area (Å²) in [5.41, 5.74) is 6.04. The molecular formula is C14H12F2N2OS. The Hall–Kier alpha value is -1.79. The quantitative estimate of drug-likeness (QED) is 0.925. The van der Waals surface area contributed by atoms with E-state index in [-0.39, 0.29) is 17.8 Å². The van der Waals surface area contributed by atoms with Gasteiger partial charge in [-0.1, -0.05) is 0 Å². The van der Waals surface area contributed by atoms with Gasteiger partial charge in [0.15, 0.2) is 0 Å². The molecule has 6 heteroatoms. The minimum Gasteiger partial charge on any atom is -0.316 e. The van der Waals surface area contributed by atoms with E-state index in [0.717, 1.165) is 21.9 Å². The van der Waals surface area contributed by atoms with Crippen LogP contribution in [0, 0.1) is 18.6 Å². The highest BCUT2D eigenvalue weighted by atomic mass is 32.1. The molecule has 1 aliphatic rings. The first kappa shape index (κ1) is 13.2. The SMILES string of the molecule is Cc1ccc(CN2C(=O)C(N)c3c(F)cc(F)cc32)s1. The molecule has 1 unspecified atom stereocenters. The number of nitrogens with zero attached hydrogens (tertiary/aromatic N) is 1. The molecule has 0 saturated heterocycles. The van der Waals surface area contributed by atoms with Crippen LogP contribution in [0.15, 0.2) is 24.3 Å². The van der Waals surface area contributed by atoms with Crippen molar-refractivity contribution >= 4 is 22.9 Å². The number of nitrogens with two attached hydrogens (primary N) is 1. The standard InChI is InChI=1S/C14H12F2N2OS/c1-7-2-3-9(20-7)6-18-11-5-8(15)4-10(16)12(11)13(17)14(18)19/h2-5,13H,6,17H2,1H3. The zero-order valence-corrected chi connectivity index (χ0v) is 11.5. The first-order chi connectivity index (χ1) is 9.47. The van der Waals surface area contributed by atoms with Crippen molar-refractivity contribution in [1.29, 1.82) is 0 Å². The number of hydrogen-bond donors (Lipinski definition) is 1. The number of hydrogen-bond acceptors (Lipinski definition) is 3. The maximum atomic E-state index is 13.8. The molecule has 0 bridgehead atoms. The lowest BCUT2D eigenvalue weighted by Gasteiger charge is -2.16. The predicted octanol–water partition coefficient (Wildman–Crippen LogP) is 2.88. The summed E-state index contributed by atoms with van der Waals surface area (Å²) in [6.07, 6.45) is 0. The normalized spacial score (nSPS) is 17.7. The largest absolute Gasteiger partial charge is 0.316 e. The molecule has 1 aromatic heterocycles. The van der Waals surface area contributed by atoms with Gasteiger partial charge in [0.1, 0.15) is 17.7 Å². The van der Waals surface area contributed by atoms with Crippen LogP contribution in [0.1, 0.15) is 21.4 Å². The third-order valence-electron chi connectivity index (χ3n) is 3.32. The van der Waals surface area contributed by atoms with Gasteiger partial charge in [-0.05, 0) is 25.1 Å². The molecule has 104 valence electrons. The Morgan fingerprint density at radius 2 is 2.10 bits per heavy atom. The van der Waals surface area contributed by atoms with Crippen molar-refractivity contribution in [3.8, 4) is 0 Å². The van der Waals surface area contributed by atoms with Crippen LogP contribution in [0.25, 0.3) is 0 Å². The molecule has 0 fully saturated rings. The Balaban J connectivity index is 2.03. The molecule has 0 aliphatic carbocycles. The van der Waals surface area contributed by atoms with E-state index >= 15 is 0 Å². The minimum atomic E-state index is -1.06. The summed E-state index contributed by atoms with van der Waals surface area (Å²) in [6.45, 7) is 2.24. The maximum Gasteiger partial charge on any atom is 0.249 e. The van der Waals surface area contributed by atoms with E-state index in [1.165, 1.54) is 16.2 Å². The highest BCUT2D eigenvalue weighted by Crippen LogP contribution is 2.38. The molecule has 2 aromatic rings. The molecule has 0 spiro atoms. The average molecular weight is 294 g/mol. The molecule has 2 heterocycles. The molecule has 2 N–H and O–H groups in total. The number of rotatable bonds is 2. The Labute approximate surface area is 118 Å². The van der Waals surface area contributed by atoms with E-state index in [9.17, 15) is 13.6 Å². The lowest BCUT2D eigenvalue weighted by molar-refractivity contribution is -0.119. The van der Waals surface area contributed by atoms with Crippen molar-refractivity contribution in [1.82, 2.24) is 0 Å². The van der Waals surface area contributed by atoms with Gasteiger partial charge in [0.2, 0.25) is 5.91 Å². The second kappa shape index (κ2) is 4.64. The number of aryl methyl sites for hydroxylation is 1. The van der Waals surface area contributed by atoms with Crippen LogP contribution in [0.3, 0.4) is 0 Å². The molecule has 1 aromatic carbocycles. The van der Waals surface area contributed by atoms with Gasteiger partial charge in [-0.3, -0.25) is 4.79 Å². The Morgan fingerprint density at radius 3 is 2.75 bits per heavy atom. The molecule has 0 radical (unpaired) electrons. The molecule has 1 aliphatic heterocycles. The lowest BCUT2D eigenvalue weighted by Crippen LogP contribution is -2.31. The van der Waals surface area contributed by atoms with Gasteiger partial charge < -0.3 is 10.6 Å². The van der Waals surface area contributed by atoms with Gasteiger partial charge in [0.25, 0.3) is 0 Å². The zero-order valence-electron chi connectivity index (χ0n) is 10.7. The number of benzene rings is 1. The molecule has 0 saturated carbocycles. The van der Waals surface area contributed by atoms with E-state index in [4.69, 9.17) is 5.73 Å². The van der Waals surface area contributed by atoms with Gasteiger partial charge in [0, 0.05) is 21.4 Å². The van der Waals surface area contributed by atoms with Gasteiger partial charge in [0.05, 0.1) is 12.2 Å². The van der Waals surface area contributed by atoms with E-state index in [1.807, 2.05) is 19.1 Å². The fourth-order valence-electron chi connectivity index (χ4n) is 2.40. The summed E-state index contributed by atoms with van der Waals surface area (Å²) >= 11 is 1.54. The van der Waals surface area contributed by atoms with Crippen LogP contribution in [0.5, 0.6) is 0 Å². The van der Waals surface area contributed by atoms with E-state index in [2.05, 4.69) is 0 Å². The molecule has 1 atom stereocenters.